The zero-order chi connectivity index (χ0) is 22.1. The van der Waals surface area contributed by atoms with Gasteiger partial charge in [-0.25, -0.2) is 9.78 Å². The van der Waals surface area contributed by atoms with Crippen LogP contribution in [-0.2, 0) is 11.3 Å². The number of ether oxygens (including phenoxy) is 2. The first kappa shape index (κ1) is 20.5. The average Bonchev–Trinajstić information content (AvgIpc) is 3.27. The molecular formula is C21H19N5O4S. The molecular weight excluding hydrogens is 418 g/mol. The first-order valence-electron chi connectivity index (χ1n) is 9.44. The highest BCUT2D eigenvalue weighted by Gasteiger charge is 2.22. The van der Waals surface area contributed by atoms with E-state index in [1.807, 2.05) is 19.1 Å². The first-order valence-corrected chi connectivity index (χ1v) is 9.85. The molecule has 0 aliphatic rings. The fourth-order valence-corrected chi connectivity index (χ4v) is 3.75. The summed E-state index contributed by atoms with van der Waals surface area (Å²) in [5.41, 5.74) is 1.46. The minimum atomic E-state index is -0.662. The van der Waals surface area contributed by atoms with E-state index in [9.17, 15) is 9.59 Å². The Hall–Kier alpha value is -3.79. The summed E-state index contributed by atoms with van der Waals surface area (Å²) in [5.74, 6) is -0.136. The van der Waals surface area contributed by atoms with Gasteiger partial charge in [-0.1, -0.05) is 12.1 Å². The molecule has 10 heteroatoms. The molecule has 0 saturated heterocycles. The highest BCUT2D eigenvalue weighted by molar-refractivity contribution is 7.71. The summed E-state index contributed by atoms with van der Waals surface area (Å²) in [6.45, 7) is 2.55. The molecule has 0 atom stereocenters. The second-order valence-electron chi connectivity index (χ2n) is 6.54. The molecule has 4 aromatic rings. The standard InChI is InChI=1S/C21H19N5O4S/c1-4-25-14(9-10-22-25)13-11-12(20(28)30-3)17-18(23-13)26(21(31)24-19(17)27)15-7-5-6-8-16(15)29-2/h5-11H,4H2,1-3H3,(H,24,27,31). The molecule has 0 unspecified atom stereocenters. The highest BCUT2D eigenvalue weighted by Crippen LogP contribution is 2.28. The van der Waals surface area contributed by atoms with Gasteiger partial charge in [-0.15, -0.1) is 0 Å². The Balaban J connectivity index is 2.20. The summed E-state index contributed by atoms with van der Waals surface area (Å²) < 4.78 is 13.9. The van der Waals surface area contributed by atoms with Crippen molar-refractivity contribution in [3.05, 3.63) is 63.3 Å². The van der Waals surface area contributed by atoms with Gasteiger partial charge in [0.2, 0.25) is 0 Å². The number of hydrogen-bond acceptors (Lipinski definition) is 7. The first-order chi connectivity index (χ1) is 15.0. The lowest BCUT2D eigenvalue weighted by Crippen LogP contribution is -2.19. The van der Waals surface area contributed by atoms with Crippen LogP contribution in [0.15, 0.2) is 47.4 Å². The monoisotopic (exact) mass is 437 g/mol. The lowest BCUT2D eigenvalue weighted by molar-refractivity contribution is 0.0603. The molecule has 9 nitrogen and oxygen atoms in total. The van der Waals surface area contributed by atoms with Gasteiger partial charge in [0.15, 0.2) is 10.4 Å². The zero-order valence-corrected chi connectivity index (χ0v) is 17.9. The van der Waals surface area contributed by atoms with Crippen molar-refractivity contribution in [2.75, 3.05) is 14.2 Å². The summed E-state index contributed by atoms with van der Waals surface area (Å²) in [6.07, 6.45) is 1.65. The molecule has 0 saturated carbocycles. The molecule has 3 aromatic heterocycles. The fourth-order valence-electron chi connectivity index (χ4n) is 3.47. The van der Waals surface area contributed by atoms with Crippen molar-refractivity contribution in [3.8, 4) is 22.8 Å². The maximum atomic E-state index is 12.9. The molecule has 31 heavy (non-hydrogen) atoms. The minimum Gasteiger partial charge on any atom is -0.495 e. The van der Waals surface area contributed by atoms with E-state index in [2.05, 4.69) is 10.1 Å². The van der Waals surface area contributed by atoms with Crippen LogP contribution in [0.1, 0.15) is 17.3 Å². The fraction of sp³-hybridized carbons (Fsp3) is 0.190. The van der Waals surface area contributed by atoms with Gasteiger partial charge in [-0.2, -0.15) is 5.10 Å². The van der Waals surface area contributed by atoms with Crippen molar-refractivity contribution in [2.24, 2.45) is 0 Å². The van der Waals surface area contributed by atoms with E-state index in [0.29, 0.717) is 29.4 Å². The average molecular weight is 437 g/mol. The number of rotatable bonds is 5. The van der Waals surface area contributed by atoms with Crippen LogP contribution in [0, 0.1) is 4.77 Å². The number of carbonyl (C=O) groups is 1. The molecule has 0 amide bonds. The van der Waals surface area contributed by atoms with Crippen molar-refractivity contribution >= 4 is 29.2 Å². The molecule has 3 heterocycles. The van der Waals surface area contributed by atoms with Gasteiger partial charge in [-0.05, 0) is 43.4 Å². The Bertz CT molecular complexity index is 1420. The number of carbonyl (C=O) groups excluding carboxylic acids is 1. The number of hydrogen-bond donors (Lipinski definition) is 1. The Labute approximate surface area is 181 Å². The third-order valence-corrected chi connectivity index (χ3v) is 5.16. The molecule has 0 aliphatic heterocycles. The Morgan fingerprint density at radius 3 is 2.71 bits per heavy atom. The molecule has 0 radical (unpaired) electrons. The van der Waals surface area contributed by atoms with Gasteiger partial charge in [0.25, 0.3) is 5.56 Å². The minimum absolute atomic E-state index is 0.0673. The Morgan fingerprint density at radius 1 is 1.23 bits per heavy atom. The van der Waals surface area contributed by atoms with Crippen molar-refractivity contribution in [3.63, 3.8) is 0 Å². The molecule has 1 aromatic carbocycles. The second kappa shape index (κ2) is 8.15. The van der Waals surface area contributed by atoms with Crippen LogP contribution >= 0.6 is 12.2 Å². The summed E-state index contributed by atoms with van der Waals surface area (Å²) in [5, 5.41) is 4.34. The Kier molecular flexibility index (Phi) is 5.38. The smallest absolute Gasteiger partial charge is 0.338 e. The molecule has 4 rings (SSSR count). The number of nitrogens with zero attached hydrogens (tertiary/aromatic N) is 4. The largest absolute Gasteiger partial charge is 0.495 e. The predicted molar refractivity (Wildman–Crippen MR) is 117 cm³/mol. The number of fused-ring (bicyclic) bond motifs is 1. The molecule has 0 fully saturated rings. The van der Waals surface area contributed by atoms with Crippen LogP contribution in [0.4, 0.5) is 0 Å². The van der Waals surface area contributed by atoms with E-state index < -0.39 is 11.5 Å². The van der Waals surface area contributed by atoms with E-state index in [1.54, 1.807) is 33.6 Å². The molecule has 1 N–H and O–H groups in total. The number of para-hydroxylation sites is 2. The van der Waals surface area contributed by atoms with Crippen molar-refractivity contribution in [1.82, 2.24) is 24.3 Å². The van der Waals surface area contributed by atoms with Crippen molar-refractivity contribution < 1.29 is 14.3 Å². The summed E-state index contributed by atoms with van der Waals surface area (Å²) in [4.78, 5) is 32.9. The number of aryl methyl sites for hydroxylation is 1. The normalized spacial score (nSPS) is 10.9. The summed E-state index contributed by atoms with van der Waals surface area (Å²) >= 11 is 5.46. The van der Waals surface area contributed by atoms with Crippen LogP contribution in [0.5, 0.6) is 5.75 Å². The number of nitrogens with one attached hydrogen (secondary N) is 1. The van der Waals surface area contributed by atoms with Crippen LogP contribution in [0.25, 0.3) is 28.1 Å². The van der Waals surface area contributed by atoms with E-state index >= 15 is 0 Å². The third-order valence-electron chi connectivity index (χ3n) is 4.87. The number of aromatic amines is 1. The van der Waals surface area contributed by atoms with Crippen LogP contribution in [0.2, 0.25) is 0 Å². The third kappa shape index (κ3) is 3.40. The van der Waals surface area contributed by atoms with Gasteiger partial charge in [-0.3, -0.25) is 19.0 Å². The molecule has 158 valence electrons. The van der Waals surface area contributed by atoms with Gasteiger partial charge in [0.05, 0.1) is 42.2 Å². The highest BCUT2D eigenvalue weighted by atomic mass is 32.1. The second-order valence-corrected chi connectivity index (χ2v) is 6.93. The summed E-state index contributed by atoms with van der Waals surface area (Å²) in [7, 11) is 2.79. The molecule has 0 aliphatic carbocycles. The van der Waals surface area contributed by atoms with Gasteiger partial charge < -0.3 is 9.47 Å². The van der Waals surface area contributed by atoms with Crippen LogP contribution in [-0.4, -0.2) is 44.5 Å². The van der Waals surface area contributed by atoms with E-state index in [4.69, 9.17) is 26.7 Å². The van der Waals surface area contributed by atoms with Gasteiger partial charge in [0.1, 0.15) is 5.75 Å². The number of esters is 1. The SMILES string of the molecule is CCn1nccc1-c1cc(C(=O)OC)c2c(=O)[nH]c(=S)n(-c3ccccc3OC)c2n1. The summed E-state index contributed by atoms with van der Waals surface area (Å²) in [6, 6.07) is 10.5. The van der Waals surface area contributed by atoms with Crippen LogP contribution < -0.4 is 10.3 Å². The van der Waals surface area contributed by atoms with E-state index in [-0.39, 0.29) is 21.4 Å². The number of pyridine rings is 1. The maximum Gasteiger partial charge on any atom is 0.338 e. The number of methoxy groups -OCH3 is 2. The Morgan fingerprint density at radius 2 is 2.00 bits per heavy atom. The van der Waals surface area contributed by atoms with E-state index in [0.717, 1.165) is 0 Å². The predicted octanol–water partition coefficient (Wildman–Crippen LogP) is 3.12. The van der Waals surface area contributed by atoms with E-state index in [1.165, 1.54) is 20.3 Å². The molecule has 0 bridgehead atoms. The number of benzene rings is 1. The number of aromatic nitrogens is 5. The zero-order valence-electron chi connectivity index (χ0n) is 17.1. The van der Waals surface area contributed by atoms with Gasteiger partial charge >= 0.3 is 5.97 Å². The van der Waals surface area contributed by atoms with Crippen LogP contribution in [0.3, 0.4) is 0 Å². The number of H-pyrrole nitrogens is 1. The lowest BCUT2D eigenvalue weighted by atomic mass is 10.1. The van der Waals surface area contributed by atoms with Crippen molar-refractivity contribution in [1.29, 1.82) is 0 Å². The van der Waals surface area contributed by atoms with Gasteiger partial charge in [0, 0.05) is 12.7 Å². The topological polar surface area (TPSA) is 104 Å². The lowest BCUT2D eigenvalue weighted by Gasteiger charge is -2.16. The molecule has 0 spiro atoms. The maximum absolute atomic E-state index is 12.9. The quantitative estimate of drug-likeness (QED) is 0.378. The van der Waals surface area contributed by atoms with Crippen molar-refractivity contribution in [2.45, 2.75) is 13.5 Å².